The first kappa shape index (κ1) is 32.9. The zero-order valence-corrected chi connectivity index (χ0v) is 28.3. The van der Waals surface area contributed by atoms with Gasteiger partial charge in [-0.1, -0.05) is 71.8 Å². The summed E-state index contributed by atoms with van der Waals surface area (Å²) in [5, 5.41) is 24.1. The summed E-state index contributed by atoms with van der Waals surface area (Å²) >= 11 is 0. The maximum absolute atomic E-state index is 15.2. The standard InChI is InChI=1S/C40H34N4O8/c1-22-11-13-24(14-12-22)41-43-37(47)31-21-30-27(19-20-28-33(30)38(48)42(36(28)46)25-15-17-26(18-16-25)44(50)51)34(29-9-6-10-32(52-2)35(29)45)40(31,39(43)49)23-7-4-3-5-8-23/h3-19,28,30-31,33-34,41,45H,20-21H2,1-2H3/t28-,30+,31-,33-,34+,40+/m0/s1. The molecule has 8 rings (SSSR count). The number of nitro groups is 1. The lowest BCUT2D eigenvalue weighted by Gasteiger charge is -2.50. The average Bonchev–Trinajstić information content (AvgIpc) is 3.53. The van der Waals surface area contributed by atoms with Crippen molar-refractivity contribution in [3.05, 3.63) is 136 Å². The van der Waals surface area contributed by atoms with Crippen molar-refractivity contribution in [2.45, 2.75) is 31.1 Å². The first-order valence-corrected chi connectivity index (χ1v) is 17.0. The topological polar surface area (TPSA) is 159 Å². The molecular formula is C40H34N4O8. The second-order valence-corrected chi connectivity index (χ2v) is 13.8. The number of nitrogens with one attached hydrogen (secondary N) is 1. The van der Waals surface area contributed by atoms with E-state index in [0.717, 1.165) is 15.5 Å². The fourth-order valence-corrected chi connectivity index (χ4v) is 9.01. The van der Waals surface area contributed by atoms with Crippen molar-refractivity contribution in [2.24, 2.45) is 23.7 Å². The number of non-ortho nitro benzene ring substituents is 1. The molecule has 52 heavy (non-hydrogen) atoms. The predicted octanol–water partition coefficient (Wildman–Crippen LogP) is 5.81. The molecule has 4 amide bonds. The Kier molecular flexibility index (Phi) is 7.70. The fourth-order valence-electron chi connectivity index (χ4n) is 9.01. The smallest absolute Gasteiger partial charge is 0.269 e. The number of fused-ring (bicyclic) bond motifs is 4. The van der Waals surface area contributed by atoms with Gasteiger partial charge in [-0.05, 0) is 61.6 Å². The Morgan fingerprint density at radius 2 is 1.58 bits per heavy atom. The molecular weight excluding hydrogens is 664 g/mol. The van der Waals surface area contributed by atoms with Gasteiger partial charge in [-0.25, -0.2) is 0 Å². The maximum Gasteiger partial charge on any atom is 0.269 e. The zero-order valence-electron chi connectivity index (χ0n) is 28.3. The number of carbonyl (C=O) groups is 4. The van der Waals surface area contributed by atoms with Crippen molar-refractivity contribution in [1.29, 1.82) is 0 Å². The number of para-hydroxylation sites is 1. The number of aryl methyl sites for hydroxylation is 1. The van der Waals surface area contributed by atoms with Crippen LogP contribution in [-0.2, 0) is 24.6 Å². The number of phenols is 1. The molecule has 2 saturated heterocycles. The molecule has 0 aromatic heterocycles. The van der Waals surface area contributed by atoms with Gasteiger partial charge in [0, 0.05) is 23.6 Å². The summed E-state index contributed by atoms with van der Waals surface area (Å²) in [7, 11) is 1.43. The number of allylic oxidation sites excluding steroid dienone is 2. The molecule has 6 atom stereocenters. The number of amides is 4. The van der Waals surface area contributed by atoms with Gasteiger partial charge in [-0.3, -0.25) is 39.6 Å². The first-order chi connectivity index (χ1) is 25.1. The minimum absolute atomic E-state index is 0.0763. The van der Waals surface area contributed by atoms with Gasteiger partial charge in [0.15, 0.2) is 11.5 Å². The van der Waals surface area contributed by atoms with Gasteiger partial charge in [0.05, 0.1) is 46.6 Å². The molecule has 12 nitrogen and oxygen atoms in total. The lowest BCUT2D eigenvalue weighted by atomic mass is 9.49. The Bertz CT molecular complexity index is 2190. The first-order valence-electron chi connectivity index (χ1n) is 17.0. The number of carbonyl (C=O) groups excluding carboxylic acids is 4. The molecule has 0 spiro atoms. The van der Waals surface area contributed by atoms with Crippen LogP contribution < -0.4 is 15.1 Å². The van der Waals surface area contributed by atoms with E-state index in [9.17, 15) is 29.6 Å². The van der Waals surface area contributed by atoms with Crippen LogP contribution in [0, 0.1) is 40.7 Å². The normalized spacial score (nSPS) is 26.4. The van der Waals surface area contributed by atoms with Gasteiger partial charge in [0.25, 0.3) is 17.5 Å². The molecule has 2 heterocycles. The van der Waals surface area contributed by atoms with Crippen LogP contribution in [0.25, 0.3) is 0 Å². The lowest BCUT2D eigenvalue weighted by molar-refractivity contribution is -0.384. The number of nitrogens with zero attached hydrogens (tertiary/aromatic N) is 3. The highest BCUT2D eigenvalue weighted by Gasteiger charge is 2.70. The van der Waals surface area contributed by atoms with Crippen molar-refractivity contribution >= 4 is 40.7 Å². The maximum atomic E-state index is 15.2. The Balaban J connectivity index is 1.31. The number of hydrogen-bond acceptors (Lipinski definition) is 9. The number of hydrogen-bond donors (Lipinski definition) is 2. The largest absolute Gasteiger partial charge is 0.504 e. The van der Waals surface area contributed by atoms with E-state index in [2.05, 4.69) is 5.43 Å². The summed E-state index contributed by atoms with van der Waals surface area (Å²) in [5.41, 5.74) is 4.67. The monoisotopic (exact) mass is 698 g/mol. The number of imide groups is 2. The average molecular weight is 699 g/mol. The number of rotatable bonds is 7. The molecule has 4 aromatic carbocycles. The highest BCUT2D eigenvalue weighted by Crippen LogP contribution is 2.65. The highest BCUT2D eigenvalue weighted by atomic mass is 16.6. The molecule has 0 unspecified atom stereocenters. The van der Waals surface area contributed by atoms with E-state index in [1.807, 2.05) is 43.3 Å². The van der Waals surface area contributed by atoms with Gasteiger partial charge in [0.1, 0.15) is 0 Å². The van der Waals surface area contributed by atoms with Gasteiger partial charge in [-0.2, -0.15) is 5.01 Å². The van der Waals surface area contributed by atoms with Gasteiger partial charge in [-0.15, -0.1) is 0 Å². The van der Waals surface area contributed by atoms with Crippen LogP contribution in [0.15, 0.2) is 109 Å². The molecule has 2 N–H and O–H groups in total. The van der Waals surface area contributed by atoms with Crippen LogP contribution in [0.4, 0.5) is 17.1 Å². The third kappa shape index (κ3) is 4.66. The Morgan fingerprint density at radius 1 is 0.865 bits per heavy atom. The van der Waals surface area contributed by atoms with E-state index in [4.69, 9.17) is 4.74 Å². The van der Waals surface area contributed by atoms with Crippen LogP contribution in [0.1, 0.15) is 35.4 Å². The SMILES string of the molecule is COc1cccc([C@H]2C3=CC[C@@H]4C(=O)N(c5ccc([N+](=O)[O-])cc5)C(=O)[C@@H]4[C@@H]3C[C@H]3C(=O)N(Nc4ccc(C)cc4)C(=O)[C@@]23c2ccccc2)c1O. The van der Waals surface area contributed by atoms with E-state index in [0.29, 0.717) is 22.4 Å². The number of hydrazine groups is 1. The minimum Gasteiger partial charge on any atom is -0.504 e. The van der Waals surface area contributed by atoms with Crippen molar-refractivity contribution in [2.75, 3.05) is 17.4 Å². The van der Waals surface area contributed by atoms with Gasteiger partial charge < -0.3 is 9.84 Å². The molecule has 4 aliphatic rings. The number of phenolic OH excluding ortho intramolecular Hbond substituents is 1. The number of anilines is 2. The highest BCUT2D eigenvalue weighted by molar-refractivity contribution is 6.22. The summed E-state index contributed by atoms with van der Waals surface area (Å²) in [6.45, 7) is 1.93. The summed E-state index contributed by atoms with van der Waals surface area (Å²) in [6, 6.07) is 26.6. The number of ether oxygens (including phenoxy) is 1. The van der Waals surface area contributed by atoms with Crippen molar-refractivity contribution in [3.8, 4) is 11.5 Å². The van der Waals surface area contributed by atoms with Crippen LogP contribution in [0.5, 0.6) is 11.5 Å². The molecule has 3 fully saturated rings. The zero-order chi connectivity index (χ0) is 36.5. The van der Waals surface area contributed by atoms with Gasteiger partial charge >= 0.3 is 0 Å². The second kappa shape index (κ2) is 12.2. The molecule has 4 aromatic rings. The summed E-state index contributed by atoms with van der Waals surface area (Å²) in [4.78, 5) is 70.3. The van der Waals surface area contributed by atoms with E-state index >= 15 is 4.79 Å². The van der Waals surface area contributed by atoms with Crippen molar-refractivity contribution in [1.82, 2.24) is 5.01 Å². The van der Waals surface area contributed by atoms with Gasteiger partial charge in [0.2, 0.25) is 11.8 Å². The van der Waals surface area contributed by atoms with Crippen LogP contribution in [0.3, 0.4) is 0 Å². The van der Waals surface area contributed by atoms with E-state index < -0.39 is 63.6 Å². The Hall–Kier alpha value is -6.30. The molecule has 262 valence electrons. The number of aromatic hydroxyl groups is 1. The van der Waals surface area contributed by atoms with Crippen molar-refractivity contribution in [3.63, 3.8) is 0 Å². The summed E-state index contributed by atoms with van der Waals surface area (Å²) in [5.74, 6) is -6.18. The molecule has 2 aliphatic heterocycles. The van der Waals surface area contributed by atoms with E-state index in [1.54, 1.807) is 42.5 Å². The molecule has 12 heteroatoms. The quantitative estimate of drug-likeness (QED) is 0.105. The number of nitro benzene ring substituents is 1. The number of benzene rings is 4. The van der Waals surface area contributed by atoms with E-state index in [1.165, 1.54) is 31.4 Å². The summed E-state index contributed by atoms with van der Waals surface area (Å²) in [6.07, 6.45) is 2.15. The molecule has 0 radical (unpaired) electrons. The molecule has 1 saturated carbocycles. The predicted molar refractivity (Wildman–Crippen MR) is 189 cm³/mol. The van der Waals surface area contributed by atoms with E-state index in [-0.39, 0.29) is 35.7 Å². The fraction of sp³-hybridized carbons (Fsp3) is 0.250. The third-order valence-corrected chi connectivity index (χ3v) is 11.3. The van der Waals surface area contributed by atoms with Crippen LogP contribution in [-0.4, -0.2) is 45.8 Å². The summed E-state index contributed by atoms with van der Waals surface area (Å²) < 4.78 is 5.52. The van der Waals surface area contributed by atoms with Crippen molar-refractivity contribution < 1.29 is 33.9 Å². The van der Waals surface area contributed by atoms with Crippen LogP contribution in [0.2, 0.25) is 0 Å². The van der Waals surface area contributed by atoms with Crippen LogP contribution >= 0.6 is 0 Å². The Labute approximate surface area is 298 Å². The second-order valence-electron chi connectivity index (χ2n) is 13.8. The minimum atomic E-state index is -1.56. The lowest BCUT2D eigenvalue weighted by Crippen LogP contribution is -2.53. The number of methoxy groups -OCH3 is 1. The molecule has 0 bridgehead atoms. The molecule has 2 aliphatic carbocycles. The Morgan fingerprint density at radius 3 is 2.25 bits per heavy atom. The third-order valence-electron chi connectivity index (χ3n) is 11.3.